The SMILES string of the molecule is C=C(CC)NC(CC)CCNc1cc(=O)n(/C=C/C=C(Cl)\C=C/C)c(-c2ccc(Cl)cc2C)n1. The van der Waals surface area contributed by atoms with Crippen LogP contribution in [0.2, 0.25) is 5.02 Å². The van der Waals surface area contributed by atoms with Gasteiger partial charge in [0.05, 0.1) is 0 Å². The Morgan fingerprint density at radius 3 is 2.71 bits per heavy atom. The fraction of sp³-hybridized carbons (Fsp3) is 0.333. The first-order valence-electron chi connectivity index (χ1n) is 11.5. The quantitative estimate of drug-likeness (QED) is 0.304. The number of aromatic nitrogens is 2. The zero-order chi connectivity index (χ0) is 25.1. The van der Waals surface area contributed by atoms with Crippen molar-refractivity contribution in [2.24, 2.45) is 0 Å². The molecule has 0 aliphatic rings. The van der Waals surface area contributed by atoms with Crippen LogP contribution in [0.3, 0.4) is 0 Å². The van der Waals surface area contributed by atoms with Gasteiger partial charge < -0.3 is 10.6 Å². The van der Waals surface area contributed by atoms with Gasteiger partial charge in [0.1, 0.15) is 11.6 Å². The van der Waals surface area contributed by atoms with Crippen molar-refractivity contribution in [3.05, 3.63) is 86.8 Å². The van der Waals surface area contributed by atoms with Crippen molar-refractivity contribution >= 4 is 35.2 Å². The molecule has 1 unspecified atom stereocenters. The standard InChI is InChI=1S/C27H34Cl2N4O/c1-6-10-21(28)11-9-16-33-26(34)18-25(30-15-14-23(8-3)31-20(5)7-2)32-27(33)24-13-12-22(29)17-19(24)4/h6,9-13,16-18,23,30-31H,5,7-8,14-15H2,1-4H3/b10-6-,16-9+,21-11+. The lowest BCUT2D eigenvalue weighted by atomic mass is 10.1. The molecule has 2 N–H and O–H groups in total. The Balaban J connectivity index is 2.37. The van der Waals surface area contributed by atoms with E-state index >= 15 is 0 Å². The molecule has 1 aromatic carbocycles. The molecule has 2 rings (SSSR count). The Labute approximate surface area is 212 Å². The van der Waals surface area contributed by atoms with Gasteiger partial charge in [0, 0.05) is 46.2 Å². The fourth-order valence-corrected chi connectivity index (χ4v) is 3.80. The highest BCUT2D eigenvalue weighted by atomic mass is 35.5. The minimum atomic E-state index is -0.196. The van der Waals surface area contributed by atoms with Crippen LogP contribution in [0.25, 0.3) is 17.6 Å². The van der Waals surface area contributed by atoms with Crippen LogP contribution in [0.15, 0.2) is 70.7 Å². The molecule has 1 heterocycles. The third-order valence-corrected chi connectivity index (χ3v) is 5.81. The van der Waals surface area contributed by atoms with Gasteiger partial charge in [-0.2, -0.15) is 0 Å². The fourth-order valence-electron chi connectivity index (χ4n) is 3.37. The summed E-state index contributed by atoms with van der Waals surface area (Å²) in [6, 6.07) is 7.36. The number of rotatable bonds is 12. The average Bonchev–Trinajstić information content (AvgIpc) is 2.79. The normalized spacial score (nSPS) is 12.9. The molecule has 2 aromatic rings. The molecule has 5 nitrogen and oxygen atoms in total. The van der Waals surface area contributed by atoms with Crippen molar-refractivity contribution in [3.8, 4) is 11.4 Å². The summed E-state index contributed by atoms with van der Waals surface area (Å²) in [6.45, 7) is 12.8. The first-order chi connectivity index (χ1) is 16.3. The summed E-state index contributed by atoms with van der Waals surface area (Å²) in [4.78, 5) is 17.8. The molecule has 0 fully saturated rings. The molecule has 7 heteroatoms. The van der Waals surface area contributed by atoms with Crippen molar-refractivity contribution in [2.75, 3.05) is 11.9 Å². The molecule has 0 bridgehead atoms. The summed E-state index contributed by atoms with van der Waals surface area (Å²) in [5.74, 6) is 1.06. The van der Waals surface area contributed by atoms with E-state index in [0.29, 0.717) is 34.3 Å². The van der Waals surface area contributed by atoms with Crippen LogP contribution in [0.5, 0.6) is 0 Å². The number of aryl methyl sites for hydroxylation is 1. The summed E-state index contributed by atoms with van der Waals surface area (Å²) >= 11 is 12.3. The predicted molar refractivity (Wildman–Crippen MR) is 148 cm³/mol. The van der Waals surface area contributed by atoms with E-state index in [9.17, 15) is 4.79 Å². The van der Waals surface area contributed by atoms with Crippen LogP contribution in [-0.4, -0.2) is 22.1 Å². The lowest BCUT2D eigenvalue weighted by Crippen LogP contribution is -2.29. The highest BCUT2D eigenvalue weighted by Gasteiger charge is 2.13. The van der Waals surface area contributed by atoms with Gasteiger partial charge in [-0.05, 0) is 75.1 Å². The van der Waals surface area contributed by atoms with E-state index in [0.717, 1.165) is 36.1 Å². The van der Waals surface area contributed by atoms with Crippen molar-refractivity contribution in [2.45, 2.75) is 53.0 Å². The van der Waals surface area contributed by atoms with Gasteiger partial charge in [-0.15, -0.1) is 0 Å². The highest BCUT2D eigenvalue weighted by molar-refractivity contribution is 6.31. The van der Waals surface area contributed by atoms with Crippen molar-refractivity contribution in [1.29, 1.82) is 0 Å². The van der Waals surface area contributed by atoms with Gasteiger partial charge in [-0.25, -0.2) is 4.98 Å². The van der Waals surface area contributed by atoms with Gasteiger partial charge in [0.25, 0.3) is 5.56 Å². The lowest BCUT2D eigenvalue weighted by Gasteiger charge is -2.20. The third-order valence-electron chi connectivity index (χ3n) is 5.32. The molecule has 0 saturated heterocycles. The number of hydrogen-bond donors (Lipinski definition) is 2. The van der Waals surface area contributed by atoms with E-state index in [4.69, 9.17) is 28.2 Å². The van der Waals surface area contributed by atoms with E-state index in [2.05, 4.69) is 31.1 Å². The average molecular weight is 502 g/mol. The molecular formula is C27H34Cl2N4O. The molecule has 0 saturated carbocycles. The number of allylic oxidation sites excluding steroid dienone is 6. The Kier molecular flexibility index (Phi) is 11.2. The molecular weight excluding hydrogens is 467 g/mol. The second kappa shape index (κ2) is 13.8. The number of anilines is 1. The molecule has 0 amide bonds. The number of hydrogen-bond acceptors (Lipinski definition) is 4. The van der Waals surface area contributed by atoms with Gasteiger partial charge >= 0.3 is 0 Å². The van der Waals surface area contributed by atoms with Crippen molar-refractivity contribution in [3.63, 3.8) is 0 Å². The Hall–Kier alpha value is -2.76. The number of nitrogens with zero attached hydrogens (tertiary/aromatic N) is 2. The van der Waals surface area contributed by atoms with E-state index in [1.807, 2.05) is 32.1 Å². The van der Waals surface area contributed by atoms with E-state index in [1.54, 1.807) is 30.5 Å². The number of halogens is 2. The Bertz CT molecular complexity index is 1130. The molecule has 34 heavy (non-hydrogen) atoms. The van der Waals surface area contributed by atoms with Gasteiger partial charge in [-0.3, -0.25) is 9.36 Å². The van der Waals surface area contributed by atoms with Gasteiger partial charge in [-0.1, -0.05) is 49.7 Å². The van der Waals surface area contributed by atoms with Gasteiger partial charge in [0.15, 0.2) is 0 Å². The Morgan fingerprint density at radius 1 is 1.29 bits per heavy atom. The summed E-state index contributed by atoms with van der Waals surface area (Å²) in [5, 5.41) is 7.96. The highest BCUT2D eigenvalue weighted by Crippen LogP contribution is 2.25. The molecule has 0 aliphatic heterocycles. The zero-order valence-electron chi connectivity index (χ0n) is 20.4. The van der Waals surface area contributed by atoms with Crippen molar-refractivity contribution in [1.82, 2.24) is 14.9 Å². The summed E-state index contributed by atoms with van der Waals surface area (Å²) < 4.78 is 1.51. The van der Waals surface area contributed by atoms with Gasteiger partial charge in [0.2, 0.25) is 0 Å². The summed E-state index contributed by atoms with van der Waals surface area (Å²) in [5.41, 5.74) is 2.59. The van der Waals surface area contributed by atoms with Crippen LogP contribution < -0.4 is 16.2 Å². The first-order valence-corrected chi connectivity index (χ1v) is 12.3. The van der Waals surface area contributed by atoms with Crippen LogP contribution >= 0.6 is 23.2 Å². The lowest BCUT2D eigenvalue weighted by molar-refractivity contribution is 0.517. The summed E-state index contributed by atoms with van der Waals surface area (Å²) in [7, 11) is 0. The number of nitrogens with one attached hydrogen (secondary N) is 2. The minimum Gasteiger partial charge on any atom is -0.386 e. The third kappa shape index (κ3) is 8.23. The van der Waals surface area contributed by atoms with Crippen molar-refractivity contribution < 1.29 is 0 Å². The van der Waals surface area contributed by atoms with Crippen LogP contribution in [0, 0.1) is 6.92 Å². The molecule has 0 spiro atoms. The zero-order valence-corrected chi connectivity index (χ0v) is 21.9. The topological polar surface area (TPSA) is 58.9 Å². The second-order valence-electron chi connectivity index (χ2n) is 7.95. The van der Waals surface area contributed by atoms with Crippen LogP contribution in [0.1, 0.15) is 45.6 Å². The largest absolute Gasteiger partial charge is 0.386 e. The van der Waals surface area contributed by atoms with E-state index < -0.39 is 0 Å². The summed E-state index contributed by atoms with van der Waals surface area (Å²) in [6.07, 6.45) is 11.5. The van der Waals surface area contributed by atoms with E-state index in [1.165, 1.54) is 10.6 Å². The molecule has 182 valence electrons. The maximum atomic E-state index is 13.1. The maximum Gasteiger partial charge on any atom is 0.259 e. The smallest absolute Gasteiger partial charge is 0.259 e. The Morgan fingerprint density at radius 2 is 2.06 bits per heavy atom. The first kappa shape index (κ1) is 27.5. The molecule has 0 radical (unpaired) electrons. The predicted octanol–water partition coefficient (Wildman–Crippen LogP) is 7.14. The second-order valence-corrected chi connectivity index (χ2v) is 8.82. The maximum absolute atomic E-state index is 13.1. The molecule has 1 aromatic heterocycles. The molecule has 1 atom stereocenters. The minimum absolute atomic E-state index is 0.196. The number of benzene rings is 1. The molecule has 0 aliphatic carbocycles. The van der Waals surface area contributed by atoms with Crippen LogP contribution in [-0.2, 0) is 0 Å². The van der Waals surface area contributed by atoms with E-state index in [-0.39, 0.29) is 5.56 Å². The van der Waals surface area contributed by atoms with Crippen LogP contribution in [0.4, 0.5) is 5.82 Å². The monoisotopic (exact) mass is 500 g/mol.